The highest BCUT2D eigenvalue weighted by molar-refractivity contribution is 4.89. The first-order chi connectivity index (χ1) is 3.37. The fourth-order valence-electron chi connectivity index (χ4n) is 1.50. The highest BCUT2D eigenvalue weighted by atomic mass is 15.6. The van der Waals surface area contributed by atoms with Gasteiger partial charge in [-0.05, 0) is 6.42 Å². The number of nitrogens with zero attached hydrogens (tertiary/aromatic N) is 1. The summed E-state index contributed by atoms with van der Waals surface area (Å²) in [6.07, 6.45) is 1.39. The molecule has 0 amide bonds. The normalized spacial score (nSPS) is 53.6. The van der Waals surface area contributed by atoms with E-state index in [1.807, 2.05) is 0 Å². The number of hydrogen-bond donors (Lipinski definition) is 0. The Hall–Kier alpha value is -0.0400. The number of rotatable bonds is 2. The van der Waals surface area contributed by atoms with Crippen molar-refractivity contribution in [3.05, 3.63) is 0 Å². The summed E-state index contributed by atoms with van der Waals surface area (Å²) in [4.78, 5) is 0. The van der Waals surface area contributed by atoms with Crippen LogP contribution in [0.15, 0.2) is 0 Å². The zero-order chi connectivity index (χ0) is 4.91. The highest BCUT2D eigenvalue weighted by Crippen LogP contribution is 2.47. The minimum Gasteiger partial charge on any atom is -0.302 e. The van der Waals surface area contributed by atoms with E-state index in [4.69, 9.17) is 0 Å². The Balaban J connectivity index is 1.87. The Labute approximate surface area is 44.5 Å². The molecular formula is C6H12N+. The van der Waals surface area contributed by atoms with Gasteiger partial charge in [0.15, 0.2) is 6.04 Å². The number of hydrogen-bond acceptors (Lipinski definition) is 0. The van der Waals surface area contributed by atoms with E-state index in [1.165, 1.54) is 30.5 Å². The average Bonchev–Trinajstić information content (AvgIpc) is 2.22. The van der Waals surface area contributed by atoms with E-state index in [-0.39, 0.29) is 0 Å². The summed E-state index contributed by atoms with van der Waals surface area (Å²) in [6, 6.07) is 1.15. The van der Waals surface area contributed by atoms with Crippen molar-refractivity contribution in [1.82, 2.24) is 0 Å². The van der Waals surface area contributed by atoms with Gasteiger partial charge in [0.25, 0.3) is 0 Å². The molecule has 0 N–H and O–H groups in total. The van der Waals surface area contributed by atoms with Crippen LogP contribution in [0, 0.1) is 0 Å². The Kier molecular flexibility index (Phi) is 0.487. The van der Waals surface area contributed by atoms with E-state index in [0.29, 0.717) is 0 Å². The van der Waals surface area contributed by atoms with Crippen molar-refractivity contribution in [1.29, 1.82) is 0 Å². The topological polar surface area (TPSA) is 0 Å². The van der Waals surface area contributed by atoms with E-state index in [2.05, 4.69) is 6.92 Å². The fraction of sp³-hybridized carbons (Fsp3) is 1.00. The van der Waals surface area contributed by atoms with E-state index < -0.39 is 0 Å². The highest BCUT2D eigenvalue weighted by Gasteiger charge is 2.72. The van der Waals surface area contributed by atoms with Gasteiger partial charge in [0.1, 0.15) is 13.1 Å². The Bertz CT molecular complexity index is 92.4. The number of quaternary nitrogens is 1. The molecule has 7 heavy (non-hydrogen) atoms. The molecule has 2 fully saturated rings. The van der Waals surface area contributed by atoms with E-state index >= 15 is 0 Å². The van der Waals surface area contributed by atoms with Gasteiger partial charge < -0.3 is 4.48 Å². The molecule has 0 unspecified atom stereocenters. The molecule has 1 nitrogen and oxygen atoms in total. The summed E-state index contributed by atoms with van der Waals surface area (Å²) >= 11 is 0. The monoisotopic (exact) mass is 98.1 g/mol. The van der Waals surface area contributed by atoms with Gasteiger partial charge >= 0.3 is 0 Å². The first kappa shape index (κ1) is 3.90. The van der Waals surface area contributed by atoms with Gasteiger partial charge in [-0.25, -0.2) is 0 Å². The first-order valence-electron chi connectivity index (χ1n) is 3.23. The van der Waals surface area contributed by atoms with Crippen LogP contribution in [0.3, 0.4) is 0 Å². The van der Waals surface area contributed by atoms with Crippen LogP contribution in [0.2, 0.25) is 0 Å². The molecule has 0 radical (unpaired) electrons. The predicted molar refractivity (Wildman–Crippen MR) is 28.9 cm³/mol. The summed E-state index contributed by atoms with van der Waals surface area (Å²) in [6.45, 7) is 6.78. The van der Waals surface area contributed by atoms with Crippen molar-refractivity contribution in [3.8, 4) is 0 Å². The lowest BCUT2D eigenvalue weighted by Crippen LogP contribution is -2.12. The van der Waals surface area contributed by atoms with Gasteiger partial charge in [-0.2, -0.15) is 0 Å². The minimum absolute atomic E-state index is 1.15. The van der Waals surface area contributed by atoms with Gasteiger partial charge in [0, 0.05) is 0 Å². The molecule has 0 atom stereocenters. The maximum atomic E-state index is 2.28. The molecule has 2 aliphatic heterocycles. The summed E-state index contributed by atoms with van der Waals surface area (Å²) in [5.41, 5.74) is 0. The molecule has 1 heteroatoms. The predicted octanol–water partition coefficient (Wildman–Crippen LogP) is 0.609. The fourth-order valence-corrected chi connectivity index (χ4v) is 1.50. The molecule has 0 aromatic heterocycles. The molecule has 2 aliphatic rings. The molecule has 0 aromatic carbocycles. The van der Waals surface area contributed by atoms with Crippen molar-refractivity contribution in [3.63, 3.8) is 0 Å². The Morgan fingerprint density at radius 1 is 1.57 bits per heavy atom. The number of fused-ring (bicyclic) bond motifs is 1. The second-order valence-corrected chi connectivity index (χ2v) is 2.96. The Morgan fingerprint density at radius 3 is 2.29 bits per heavy atom. The third-order valence-electron chi connectivity index (χ3n) is 2.33. The largest absolute Gasteiger partial charge is 0.302 e. The third kappa shape index (κ3) is 0.367. The van der Waals surface area contributed by atoms with Crippen LogP contribution in [0.5, 0.6) is 0 Å². The zero-order valence-electron chi connectivity index (χ0n) is 4.85. The SMILES string of the molecule is CCC[N+]12CC1C2. The lowest BCUT2D eigenvalue weighted by atomic mass is 10.4. The van der Waals surface area contributed by atoms with Gasteiger partial charge in [-0.3, -0.25) is 0 Å². The molecule has 40 valence electrons. The van der Waals surface area contributed by atoms with Gasteiger partial charge in [-0.1, -0.05) is 6.92 Å². The van der Waals surface area contributed by atoms with Gasteiger partial charge in [0.2, 0.25) is 0 Å². The average molecular weight is 98.2 g/mol. The molecule has 2 saturated heterocycles. The lowest BCUT2D eigenvalue weighted by Gasteiger charge is -1.98. The molecule has 0 saturated carbocycles. The maximum absolute atomic E-state index is 2.28. The molecule has 0 aromatic rings. The van der Waals surface area contributed by atoms with Crippen molar-refractivity contribution in [2.24, 2.45) is 0 Å². The summed E-state index contributed by atoms with van der Waals surface area (Å²) in [5.74, 6) is 0. The maximum Gasteiger partial charge on any atom is 0.188 e. The van der Waals surface area contributed by atoms with Crippen molar-refractivity contribution >= 4 is 0 Å². The molecule has 0 aliphatic carbocycles. The third-order valence-corrected chi connectivity index (χ3v) is 2.33. The summed E-state index contributed by atoms with van der Waals surface area (Å²) < 4.78 is 1.51. The van der Waals surface area contributed by atoms with Crippen LogP contribution in [0.4, 0.5) is 0 Å². The van der Waals surface area contributed by atoms with Crippen LogP contribution >= 0.6 is 0 Å². The Morgan fingerprint density at radius 2 is 2.14 bits per heavy atom. The second kappa shape index (κ2) is 0.873. The molecule has 0 bridgehead atoms. The van der Waals surface area contributed by atoms with Crippen LogP contribution in [0.1, 0.15) is 13.3 Å². The first-order valence-corrected chi connectivity index (χ1v) is 3.23. The van der Waals surface area contributed by atoms with Crippen molar-refractivity contribution in [2.45, 2.75) is 19.4 Å². The van der Waals surface area contributed by atoms with Crippen molar-refractivity contribution < 1.29 is 4.48 Å². The van der Waals surface area contributed by atoms with Crippen LogP contribution < -0.4 is 0 Å². The smallest absolute Gasteiger partial charge is 0.188 e. The van der Waals surface area contributed by atoms with E-state index in [0.717, 1.165) is 6.04 Å². The van der Waals surface area contributed by atoms with Gasteiger partial charge in [-0.15, -0.1) is 0 Å². The molecule has 2 rings (SSSR count). The van der Waals surface area contributed by atoms with Gasteiger partial charge in [0.05, 0.1) is 6.54 Å². The zero-order valence-corrected chi connectivity index (χ0v) is 4.85. The quantitative estimate of drug-likeness (QED) is 0.350. The van der Waals surface area contributed by atoms with E-state index in [1.54, 1.807) is 0 Å². The van der Waals surface area contributed by atoms with Crippen molar-refractivity contribution in [2.75, 3.05) is 19.6 Å². The van der Waals surface area contributed by atoms with Crippen LogP contribution in [-0.4, -0.2) is 30.2 Å². The minimum atomic E-state index is 1.15. The summed E-state index contributed by atoms with van der Waals surface area (Å²) in [7, 11) is 0. The summed E-state index contributed by atoms with van der Waals surface area (Å²) in [5, 5.41) is 0. The molecule has 0 spiro atoms. The van der Waals surface area contributed by atoms with Crippen LogP contribution in [-0.2, 0) is 0 Å². The van der Waals surface area contributed by atoms with E-state index in [9.17, 15) is 0 Å². The second-order valence-electron chi connectivity index (χ2n) is 2.96. The molecular weight excluding hydrogens is 86.1 g/mol. The molecule has 2 heterocycles. The lowest BCUT2D eigenvalue weighted by molar-refractivity contribution is -0.702. The standard InChI is InChI=1S/C6H12N/c1-2-3-7-4-6(7)5-7/h6H,2-5H2,1H3/q+1. The van der Waals surface area contributed by atoms with Crippen LogP contribution in [0.25, 0.3) is 0 Å².